The summed E-state index contributed by atoms with van der Waals surface area (Å²) in [5.41, 5.74) is 0.919. The lowest BCUT2D eigenvalue weighted by molar-refractivity contribution is 0.102. The molecule has 0 fully saturated rings. The summed E-state index contributed by atoms with van der Waals surface area (Å²) < 4.78 is 0. The molecule has 0 aromatic carbocycles. The Morgan fingerprint density at radius 2 is 2.17 bits per heavy atom. The molecule has 0 aliphatic heterocycles. The lowest BCUT2D eigenvalue weighted by atomic mass is 10.2. The van der Waals surface area contributed by atoms with Crippen LogP contribution in [0, 0.1) is 0 Å². The number of ketones is 1. The summed E-state index contributed by atoms with van der Waals surface area (Å²) in [6, 6.07) is 7.28. The van der Waals surface area contributed by atoms with E-state index in [4.69, 9.17) is 0 Å². The molecule has 0 spiro atoms. The van der Waals surface area contributed by atoms with Crippen LogP contribution in [0.25, 0.3) is 0 Å². The summed E-state index contributed by atoms with van der Waals surface area (Å²) in [4.78, 5) is 31.3. The number of Topliss-reactive ketones (excluding diaryl/α,β-unsaturated/α-hetero) is 1. The van der Waals surface area contributed by atoms with Crippen molar-refractivity contribution >= 4 is 28.9 Å². The number of carbonyl (C=O) groups excluding carboxylic acids is 1. The topological polar surface area (TPSA) is 88.6 Å². The second kappa shape index (κ2) is 7.30. The summed E-state index contributed by atoms with van der Waals surface area (Å²) in [7, 11) is 0. The van der Waals surface area contributed by atoms with Gasteiger partial charge in [-0.15, -0.1) is 21.5 Å². The summed E-state index contributed by atoms with van der Waals surface area (Å²) in [6.45, 7) is 0. The predicted octanol–water partition coefficient (Wildman–Crippen LogP) is 2.19. The smallest absolute Gasteiger partial charge is 0.273 e. The van der Waals surface area contributed by atoms with Crippen LogP contribution in [0.2, 0.25) is 0 Å². The summed E-state index contributed by atoms with van der Waals surface area (Å²) >= 11 is 2.57. The Morgan fingerprint density at radius 3 is 2.87 bits per heavy atom. The van der Waals surface area contributed by atoms with Gasteiger partial charge in [-0.3, -0.25) is 19.6 Å². The molecular formula is C15H12N4O2S2. The van der Waals surface area contributed by atoms with Gasteiger partial charge in [-0.1, -0.05) is 23.9 Å². The quantitative estimate of drug-likeness (QED) is 0.545. The van der Waals surface area contributed by atoms with Gasteiger partial charge in [-0.05, 0) is 23.1 Å². The first-order valence-corrected chi connectivity index (χ1v) is 8.63. The molecule has 3 heterocycles. The number of hydrogen-bond donors (Lipinski definition) is 1. The van der Waals surface area contributed by atoms with E-state index in [9.17, 15) is 9.59 Å². The first-order chi connectivity index (χ1) is 11.2. The number of H-pyrrole nitrogens is 1. The van der Waals surface area contributed by atoms with E-state index in [1.807, 2.05) is 17.5 Å². The fourth-order valence-electron chi connectivity index (χ4n) is 1.86. The van der Waals surface area contributed by atoms with Gasteiger partial charge in [-0.2, -0.15) is 0 Å². The second-order valence-electron chi connectivity index (χ2n) is 4.63. The Balaban J connectivity index is 1.65. The average Bonchev–Trinajstić information content (AvgIpc) is 3.10. The molecule has 23 heavy (non-hydrogen) atoms. The first-order valence-electron chi connectivity index (χ1n) is 6.76. The van der Waals surface area contributed by atoms with E-state index in [0.717, 1.165) is 5.56 Å². The van der Waals surface area contributed by atoms with E-state index in [1.165, 1.54) is 23.1 Å². The lowest BCUT2D eigenvalue weighted by Gasteiger charge is -2.01. The molecule has 6 nitrogen and oxygen atoms in total. The average molecular weight is 344 g/mol. The number of aromatic nitrogens is 4. The number of aromatic amines is 1. The van der Waals surface area contributed by atoms with Crippen molar-refractivity contribution in [1.29, 1.82) is 0 Å². The number of rotatable bonds is 6. The summed E-state index contributed by atoms with van der Waals surface area (Å²) in [5.74, 6) is 0.222. The van der Waals surface area contributed by atoms with E-state index in [2.05, 4.69) is 20.2 Å². The molecule has 3 aromatic heterocycles. The molecule has 0 atom stereocenters. The van der Waals surface area contributed by atoms with Crippen LogP contribution in [0.3, 0.4) is 0 Å². The molecule has 0 saturated carbocycles. The fraction of sp³-hybridized carbons (Fsp3) is 0.133. The fourth-order valence-corrected chi connectivity index (χ4v) is 3.31. The van der Waals surface area contributed by atoms with Crippen LogP contribution in [0.4, 0.5) is 0 Å². The largest absolute Gasteiger partial charge is 0.298 e. The SMILES string of the molecule is O=C(CSc1nnc(Cc2cccnc2)c(=O)[nH]1)c1cccs1. The van der Waals surface area contributed by atoms with Gasteiger partial charge in [0.25, 0.3) is 5.56 Å². The predicted molar refractivity (Wildman–Crippen MR) is 89.1 cm³/mol. The molecule has 3 aromatic rings. The van der Waals surface area contributed by atoms with Crippen LogP contribution in [0.1, 0.15) is 20.9 Å². The first kappa shape index (κ1) is 15.6. The van der Waals surface area contributed by atoms with Crippen LogP contribution in [0.5, 0.6) is 0 Å². The zero-order valence-corrected chi connectivity index (χ0v) is 13.6. The van der Waals surface area contributed by atoms with Gasteiger partial charge in [0.1, 0.15) is 5.69 Å². The summed E-state index contributed by atoms with van der Waals surface area (Å²) in [5, 5.41) is 10.1. The number of nitrogens with one attached hydrogen (secondary N) is 1. The highest BCUT2D eigenvalue weighted by Gasteiger charge is 2.10. The van der Waals surface area contributed by atoms with Crippen LogP contribution < -0.4 is 5.56 Å². The Morgan fingerprint density at radius 1 is 1.26 bits per heavy atom. The highest BCUT2D eigenvalue weighted by atomic mass is 32.2. The summed E-state index contributed by atoms with van der Waals surface area (Å²) in [6.07, 6.45) is 3.72. The van der Waals surface area contributed by atoms with E-state index >= 15 is 0 Å². The minimum atomic E-state index is -0.296. The maximum atomic E-state index is 12.0. The Labute approximate surface area is 140 Å². The van der Waals surface area contributed by atoms with Gasteiger partial charge in [0.15, 0.2) is 10.9 Å². The monoisotopic (exact) mass is 344 g/mol. The molecule has 0 amide bonds. The Kier molecular flexibility index (Phi) is 4.94. The standard InChI is InChI=1S/C15H12N4O2S2/c20-12(13-4-2-6-22-13)9-23-15-17-14(21)11(18-19-15)7-10-3-1-5-16-8-10/h1-6,8H,7,9H2,(H,17,19,21). The molecule has 116 valence electrons. The minimum Gasteiger partial charge on any atom is -0.298 e. The molecular weight excluding hydrogens is 332 g/mol. The van der Waals surface area contributed by atoms with Crippen molar-refractivity contribution < 1.29 is 4.79 Å². The molecule has 0 aliphatic carbocycles. The number of nitrogens with zero attached hydrogens (tertiary/aromatic N) is 3. The van der Waals surface area contributed by atoms with Crippen LogP contribution in [0.15, 0.2) is 52.0 Å². The molecule has 0 bridgehead atoms. The van der Waals surface area contributed by atoms with Crippen molar-refractivity contribution in [2.45, 2.75) is 11.6 Å². The van der Waals surface area contributed by atoms with Gasteiger partial charge >= 0.3 is 0 Å². The lowest BCUT2D eigenvalue weighted by Crippen LogP contribution is -2.18. The highest BCUT2D eigenvalue weighted by molar-refractivity contribution is 7.99. The van der Waals surface area contributed by atoms with Crippen LogP contribution in [-0.4, -0.2) is 31.7 Å². The number of thioether (sulfide) groups is 1. The third kappa shape index (κ3) is 4.11. The maximum Gasteiger partial charge on any atom is 0.273 e. The zero-order valence-electron chi connectivity index (χ0n) is 11.9. The third-order valence-electron chi connectivity index (χ3n) is 2.97. The zero-order chi connectivity index (χ0) is 16.1. The highest BCUT2D eigenvalue weighted by Crippen LogP contribution is 2.16. The van der Waals surface area contributed by atoms with Gasteiger partial charge in [-0.25, -0.2) is 0 Å². The van der Waals surface area contributed by atoms with Crippen molar-refractivity contribution in [3.8, 4) is 0 Å². The van der Waals surface area contributed by atoms with E-state index < -0.39 is 0 Å². The third-order valence-corrected chi connectivity index (χ3v) is 4.75. The minimum absolute atomic E-state index is 0.00656. The van der Waals surface area contributed by atoms with Gasteiger partial charge in [0.2, 0.25) is 0 Å². The van der Waals surface area contributed by atoms with E-state index in [1.54, 1.807) is 24.5 Å². The Hall–Kier alpha value is -2.32. The molecule has 0 saturated heterocycles. The van der Waals surface area contributed by atoms with Crippen molar-refractivity contribution in [3.63, 3.8) is 0 Å². The van der Waals surface area contributed by atoms with Crippen LogP contribution in [-0.2, 0) is 6.42 Å². The van der Waals surface area contributed by atoms with Gasteiger partial charge in [0, 0.05) is 18.8 Å². The van der Waals surface area contributed by atoms with Crippen LogP contribution >= 0.6 is 23.1 Å². The van der Waals surface area contributed by atoms with Crippen molar-refractivity contribution in [1.82, 2.24) is 20.2 Å². The number of thiophene rings is 1. The van der Waals surface area contributed by atoms with Crippen molar-refractivity contribution in [2.24, 2.45) is 0 Å². The van der Waals surface area contributed by atoms with Crippen molar-refractivity contribution in [2.75, 3.05) is 5.75 Å². The second-order valence-corrected chi connectivity index (χ2v) is 6.54. The van der Waals surface area contributed by atoms with E-state index in [0.29, 0.717) is 22.1 Å². The van der Waals surface area contributed by atoms with Gasteiger partial charge < -0.3 is 0 Å². The molecule has 3 rings (SSSR count). The van der Waals surface area contributed by atoms with Crippen molar-refractivity contribution in [3.05, 3.63) is 68.5 Å². The molecule has 0 radical (unpaired) electrons. The number of carbonyl (C=O) groups is 1. The molecule has 0 unspecified atom stereocenters. The Bertz CT molecular complexity index is 847. The molecule has 0 aliphatic rings. The number of hydrogen-bond acceptors (Lipinski definition) is 7. The van der Waals surface area contributed by atoms with E-state index in [-0.39, 0.29) is 17.1 Å². The maximum absolute atomic E-state index is 12.0. The molecule has 1 N–H and O–H groups in total. The number of pyridine rings is 1. The normalized spacial score (nSPS) is 10.6. The molecule has 8 heteroatoms. The van der Waals surface area contributed by atoms with Gasteiger partial charge in [0.05, 0.1) is 10.6 Å².